The average molecular weight is 598 g/mol. The van der Waals surface area contributed by atoms with Gasteiger partial charge in [0.05, 0.1) is 34.5 Å². The summed E-state index contributed by atoms with van der Waals surface area (Å²) in [5, 5.41) is 11.0. The van der Waals surface area contributed by atoms with Gasteiger partial charge in [0.15, 0.2) is 5.78 Å². The molecule has 41 heavy (non-hydrogen) atoms. The number of nitrogens with two attached hydrogens (primary N) is 1. The predicted octanol–water partition coefficient (Wildman–Crippen LogP) is 6.55. The predicted molar refractivity (Wildman–Crippen MR) is 156 cm³/mol. The van der Waals surface area contributed by atoms with Crippen molar-refractivity contribution in [3.8, 4) is 0 Å². The second-order valence-corrected chi connectivity index (χ2v) is 13.3. The van der Waals surface area contributed by atoms with Crippen LogP contribution < -0.4 is 5.73 Å². The minimum Gasteiger partial charge on any atom is -0.478 e. The van der Waals surface area contributed by atoms with Gasteiger partial charge in [-0.3, -0.25) is 4.79 Å². The van der Waals surface area contributed by atoms with Gasteiger partial charge < -0.3 is 20.1 Å². The van der Waals surface area contributed by atoms with Crippen LogP contribution in [-0.2, 0) is 22.0 Å². The molecule has 4 saturated carbocycles. The number of aryl methyl sites for hydroxylation is 1. The first-order valence-corrected chi connectivity index (χ1v) is 14.9. The summed E-state index contributed by atoms with van der Waals surface area (Å²) in [4.78, 5) is 24.8. The van der Waals surface area contributed by atoms with E-state index in [-0.39, 0.29) is 53.4 Å². The fraction of sp³-hybridized carbons (Fsp3) is 0.438. The number of benzene rings is 2. The number of halogens is 3. The zero-order valence-corrected chi connectivity index (χ0v) is 24.1. The number of rotatable bonds is 9. The number of fused-ring (bicyclic) bond motifs is 2. The van der Waals surface area contributed by atoms with E-state index in [0.717, 1.165) is 30.2 Å². The van der Waals surface area contributed by atoms with Crippen LogP contribution in [0.2, 0.25) is 10.0 Å². The first-order chi connectivity index (χ1) is 19.5. The van der Waals surface area contributed by atoms with E-state index in [1.807, 2.05) is 23.7 Å². The molecular formula is C32H31Cl2FN2O4. The Morgan fingerprint density at radius 1 is 1.15 bits per heavy atom. The summed E-state index contributed by atoms with van der Waals surface area (Å²) in [5.74, 6) is -0.151. The lowest BCUT2D eigenvalue weighted by molar-refractivity contribution is -0.117. The van der Waals surface area contributed by atoms with Crippen molar-refractivity contribution in [2.75, 3.05) is 13.2 Å². The van der Waals surface area contributed by atoms with Crippen LogP contribution in [0.5, 0.6) is 0 Å². The number of carbonyl (C=O) groups excluding carboxylic acids is 1. The number of hydrogen-bond acceptors (Lipinski definition) is 4. The number of aromatic carboxylic acids is 1. The van der Waals surface area contributed by atoms with Crippen molar-refractivity contribution in [3.63, 3.8) is 0 Å². The van der Waals surface area contributed by atoms with Gasteiger partial charge in [-0.2, -0.15) is 0 Å². The number of hydrogen-bond donors (Lipinski definition) is 2. The molecule has 1 heterocycles. The maximum absolute atomic E-state index is 16.3. The van der Waals surface area contributed by atoms with Gasteiger partial charge >= 0.3 is 5.97 Å². The molecule has 4 aliphatic carbocycles. The van der Waals surface area contributed by atoms with Gasteiger partial charge in [0.2, 0.25) is 0 Å². The molecule has 7 rings (SSSR count). The van der Waals surface area contributed by atoms with E-state index in [9.17, 15) is 14.7 Å². The SMILES string of the molecule is Cn1cc(C(=O)O)c2ccc(C34CC5CC(F)(COCC(C(=O)C6CC6)=C(N)c6c(Cl)cccc6Cl)CC3C54)cc21. The van der Waals surface area contributed by atoms with Crippen molar-refractivity contribution in [1.29, 1.82) is 0 Å². The lowest BCUT2D eigenvalue weighted by Crippen LogP contribution is -2.39. The number of alkyl halides is 1. The van der Waals surface area contributed by atoms with Crippen molar-refractivity contribution >= 4 is 51.6 Å². The molecule has 214 valence electrons. The summed E-state index contributed by atoms with van der Waals surface area (Å²) in [6.07, 6.45) is 5.02. The van der Waals surface area contributed by atoms with Gasteiger partial charge in [-0.15, -0.1) is 0 Å². The molecular weight excluding hydrogens is 566 g/mol. The summed E-state index contributed by atoms with van der Waals surface area (Å²) in [5.41, 5.74) is 8.17. The van der Waals surface area contributed by atoms with Crippen LogP contribution in [0.4, 0.5) is 4.39 Å². The molecule has 5 unspecified atom stereocenters. The number of carboxylic acids is 1. The Kier molecular flexibility index (Phi) is 6.13. The van der Waals surface area contributed by atoms with Crippen LogP contribution in [0.15, 0.2) is 48.2 Å². The third kappa shape index (κ3) is 4.15. The van der Waals surface area contributed by atoms with Crippen LogP contribution in [-0.4, -0.2) is 40.3 Å². The number of ketones is 1. The van der Waals surface area contributed by atoms with Crippen molar-refractivity contribution in [1.82, 2.24) is 4.57 Å². The zero-order chi connectivity index (χ0) is 28.8. The molecule has 3 N–H and O–H groups in total. The van der Waals surface area contributed by atoms with Crippen LogP contribution >= 0.6 is 23.2 Å². The van der Waals surface area contributed by atoms with Crippen molar-refractivity contribution in [3.05, 3.63) is 74.9 Å². The maximum atomic E-state index is 16.3. The Balaban J connectivity index is 1.08. The van der Waals surface area contributed by atoms with Gasteiger partial charge in [-0.25, -0.2) is 9.18 Å². The minimum absolute atomic E-state index is 0.0431. The molecule has 4 fully saturated rings. The highest BCUT2D eigenvalue weighted by molar-refractivity contribution is 6.37. The third-order valence-corrected chi connectivity index (χ3v) is 10.7. The summed E-state index contributed by atoms with van der Waals surface area (Å²) in [6.45, 7) is -0.193. The van der Waals surface area contributed by atoms with Gasteiger partial charge in [0, 0.05) is 46.6 Å². The second-order valence-electron chi connectivity index (χ2n) is 12.5. The Hall–Kier alpha value is -2.87. The zero-order valence-electron chi connectivity index (χ0n) is 22.6. The quantitative estimate of drug-likeness (QED) is 0.273. The van der Waals surface area contributed by atoms with Gasteiger partial charge in [-0.05, 0) is 73.6 Å². The number of aromatic nitrogens is 1. The van der Waals surface area contributed by atoms with E-state index in [1.54, 1.807) is 24.4 Å². The third-order valence-electron chi connectivity index (χ3n) is 10.1. The average Bonchev–Trinajstić information content (AvgIpc) is 3.81. The molecule has 0 amide bonds. The molecule has 1 aromatic heterocycles. The van der Waals surface area contributed by atoms with Crippen molar-refractivity contribution < 1.29 is 23.8 Å². The van der Waals surface area contributed by atoms with E-state index in [4.69, 9.17) is 33.7 Å². The van der Waals surface area contributed by atoms with Crippen molar-refractivity contribution in [2.24, 2.45) is 36.5 Å². The number of nitrogens with zero attached hydrogens (tertiary/aromatic N) is 1. The minimum atomic E-state index is -1.49. The maximum Gasteiger partial charge on any atom is 0.337 e. The number of ether oxygens (including phenoxy) is 1. The van der Waals surface area contributed by atoms with Crippen LogP contribution in [0.1, 0.15) is 53.6 Å². The number of Topliss-reactive ketones (excluding diaryl/α,β-unsaturated/α-hetero) is 1. The number of carbonyl (C=O) groups is 2. The van der Waals surface area contributed by atoms with Gasteiger partial charge in [0.1, 0.15) is 5.67 Å². The molecule has 0 radical (unpaired) electrons. The van der Waals surface area contributed by atoms with Crippen LogP contribution in [0.3, 0.4) is 0 Å². The summed E-state index contributed by atoms with van der Waals surface area (Å²) in [7, 11) is 1.85. The van der Waals surface area contributed by atoms with E-state index >= 15 is 4.39 Å². The fourth-order valence-electron chi connectivity index (χ4n) is 8.04. The molecule has 0 bridgehead atoms. The highest BCUT2D eigenvalue weighted by Crippen LogP contribution is 2.81. The molecule has 5 atom stereocenters. The standard InChI is InChI=1S/C32H31Cl2FN2O4/c1-37-13-20(30(39)40)19-8-7-18(9-25(19)37)32-11-17-10-31(35,12-22(32)27(17)32)15-41-14-21(29(38)16-5-6-16)28(36)26-23(33)3-2-4-24(26)34/h2-4,7-9,13,16-17,22,27H,5-6,10-12,14-15,36H2,1H3,(H,39,40). The summed E-state index contributed by atoms with van der Waals surface area (Å²) >= 11 is 12.7. The van der Waals surface area contributed by atoms with E-state index in [1.165, 1.54) is 5.56 Å². The van der Waals surface area contributed by atoms with Crippen LogP contribution in [0.25, 0.3) is 16.6 Å². The van der Waals surface area contributed by atoms with E-state index in [0.29, 0.717) is 39.9 Å². The molecule has 9 heteroatoms. The molecule has 4 aliphatic rings. The van der Waals surface area contributed by atoms with E-state index in [2.05, 4.69) is 6.07 Å². The van der Waals surface area contributed by atoms with Crippen molar-refractivity contribution in [2.45, 2.75) is 43.2 Å². The second kappa shape index (κ2) is 9.32. The summed E-state index contributed by atoms with van der Waals surface area (Å²) < 4.78 is 24.1. The normalized spacial score (nSPS) is 30.4. The molecule has 0 aliphatic heterocycles. The Morgan fingerprint density at radius 3 is 2.56 bits per heavy atom. The van der Waals surface area contributed by atoms with Crippen LogP contribution in [0, 0.1) is 23.7 Å². The first-order valence-electron chi connectivity index (χ1n) is 14.1. The highest BCUT2D eigenvalue weighted by atomic mass is 35.5. The Bertz CT molecular complexity index is 1640. The fourth-order valence-corrected chi connectivity index (χ4v) is 8.65. The van der Waals surface area contributed by atoms with Gasteiger partial charge in [0.25, 0.3) is 0 Å². The smallest absolute Gasteiger partial charge is 0.337 e. The molecule has 0 spiro atoms. The summed E-state index contributed by atoms with van der Waals surface area (Å²) in [6, 6.07) is 11.1. The monoisotopic (exact) mass is 596 g/mol. The molecule has 3 aromatic rings. The molecule has 2 aromatic carbocycles. The number of carboxylic acid groups (broad SMARTS) is 1. The first kappa shape index (κ1) is 27.0. The topological polar surface area (TPSA) is 94.5 Å². The molecule has 6 nitrogen and oxygen atoms in total. The Labute approximate surface area is 247 Å². The lowest BCUT2D eigenvalue weighted by Gasteiger charge is -2.38. The highest BCUT2D eigenvalue weighted by Gasteiger charge is 2.79. The Morgan fingerprint density at radius 2 is 1.88 bits per heavy atom. The largest absolute Gasteiger partial charge is 0.478 e. The van der Waals surface area contributed by atoms with E-state index < -0.39 is 11.6 Å². The lowest BCUT2D eigenvalue weighted by atomic mass is 9.68. The van der Waals surface area contributed by atoms with Gasteiger partial charge in [-0.1, -0.05) is 41.4 Å². The molecule has 0 saturated heterocycles.